The molecule has 0 atom stereocenters. The summed E-state index contributed by atoms with van der Waals surface area (Å²) < 4.78 is 17.9. The first-order chi connectivity index (χ1) is 9.11. The first-order valence-electron chi connectivity index (χ1n) is 5.36. The van der Waals surface area contributed by atoms with Gasteiger partial charge in [-0.3, -0.25) is 4.79 Å². The molecule has 0 spiro atoms. The number of methoxy groups -OCH3 is 1. The molecule has 98 valence electrons. The third kappa shape index (κ3) is 2.97. The molecule has 2 aromatic rings. The summed E-state index contributed by atoms with van der Waals surface area (Å²) in [4.78, 5) is 23.8. The van der Waals surface area contributed by atoms with Gasteiger partial charge in [-0.1, -0.05) is 12.1 Å². The van der Waals surface area contributed by atoms with Gasteiger partial charge in [-0.25, -0.2) is 9.18 Å². The lowest BCUT2D eigenvalue weighted by Crippen LogP contribution is -2.11. The Morgan fingerprint density at radius 2 is 1.84 bits per heavy atom. The summed E-state index contributed by atoms with van der Waals surface area (Å²) >= 11 is 0.990. The van der Waals surface area contributed by atoms with Crippen molar-refractivity contribution in [3.8, 4) is 0 Å². The number of benzene rings is 1. The van der Waals surface area contributed by atoms with E-state index in [9.17, 15) is 14.0 Å². The van der Waals surface area contributed by atoms with Crippen LogP contribution in [0.2, 0.25) is 0 Å². The predicted octanol–water partition coefficient (Wildman–Crippen LogP) is 2.93. The highest BCUT2D eigenvalue weighted by atomic mass is 32.1. The number of halogens is 1. The van der Waals surface area contributed by atoms with E-state index in [0.717, 1.165) is 11.3 Å². The number of carbonyl (C=O) groups is 2. The summed E-state index contributed by atoms with van der Waals surface area (Å²) in [6.07, 6.45) is 0. The van der Waals surface area contributed by atoms with Crippen molar-refractivity contribution < 1.29 is 18.7 Å². The molecule has 1 amide bonds. The lowest BCUT2D eigenvalue weighted by molar-refractivity contribution is 0.0606. The fourth-order valence-corrected chi connectivity index (χ4v) is 2.24. The van der Waals surface area contributed by atoms with Crippen molar-refractivity contribution in [2.24, 2.45) is 0 Å². The molecule has 19 heavy (non-hydrogen) atoms. The largest absolute Gasteiger partial charge is 0.465 e. The maximum Gasteiger partial charge on any atom is 0.348 e. The van der Waals surface area contributed by atoms with E-state index in [-0.39, 0.29) is 5.69 Å². The smallest absolute Gasteiger partial charge is 0.348 e. The minimum Gasteiger partial charge on any atom is -0.465 e. The normalized spacial score (nSPS) is 10.0. The van der Waals surface area contributed by atoms with Crippen LogP contribution >= 0.6 is 11.3 Å². The van der Waals surface area contributed by atoms with Crippen molar-refractivity contribution in [2.45, 2.75) is 0 Å². The second-order valence-electron chi connectivity index (χ2n) is 3.59. The number of carbonyl (C=O) groups excluding carboxylic acids is 2. The Hall–Kier alpha value is -2.21. The SMILES string of the molecule is COC(=O)c1ccc(C(=O)Nc2ccccc2F)s1. The number of esters is 1. The highest BCUT2D eigenvalue weighted by Gasteiger charge is 2.15. The molecule has 2 rings (SSSR count). The van der Waals surface area contributed by atoms with Crippen molar-refractivity contribution in [1.82, 2.24) is 0 Å². The second-order valence-corrected chi connectivity index (χ2v) is 4.67. The lowest BCUT2D eigenvalue weighted by atomic mass is 10.3. The van der Waals surface area contributed by atoms with E-state index in [4.69, 9.17) is 0 Å². The van der Waals surface area contributed by atoms with Crippen molar-refractivity contribution in [3.63, 3.8) is 0 Å². The average molecular weight is 279 g/mol. The molecule has 1 aromatic carbocycles. The van der Waals surface area contributed by atoms with E-state index < -0.39 is 17.7 Å². The highest BCUT2D eigenvalue weighted by Crippen LogP contribution is 2.20. The number of hydrogen-bond donors (Lipinski definition) is 1. The molecule has 1 aromatic heterocycles. The van der Waals surface area contributed by atoms with Crippen LogP contribution in [-0.2, 0) is 4.74 Å². The zero-order valence-corrected chi connectivity index (χ0v) is 10.8. The first kappa shape index (κ1) is 13.2. The molecular formula is C13H10FNO3S. The number of rotatable bonds is 3. The molecule has 0 fully saturated rings. The summed E-state index contributed by atoms with van der Waals surface area (Å²) in [5.41, 5.74) is 0.0977. The molecule has 0 aliphatic carbocycles. The maximum absolute atomic E-state index is 13.4. The maximum atomic E-state index is 13.4. The number of ether oxygens (including phenoxy) is 1. The molecule has 1 heterocycles. The Kier molecular flexibility index (Phi) is 3.91. The van der Waals surface area contributed by atoms with Crippen LogP contribution in [0.5, 0.6) is 0 Å². The average Bonchev–Trinajstić information content (AvgIpc) is 2.90. The topological polar surface area (TPSA) is 55.4 Å². The van der Waals surface area contributed by atoms with Gasteiger partial charge >= 0.3 is 5.97 Å². The van der Waals surface area contributed by atoms with Gasteiger partial charge in [0.2, 0.25) is 0 Å². The standard InChI is InChI=1S/C13H10FNO3S/c1-18-13(17)11-7-6-10(19-11)12(16)15-9-5-3-2-4-8(9)14/h2-7H,1H3,(H,15,16). The van der Waals surface area contributed by atoms with Crippen molar-refractivity contribution in [1.29, 1.82) is 0 Å². The number of hydrogen-bond acceptors (Lipinski definition) is 4. The molecule has 6 heteroatoms. The number of thiophene rings is 1. The minimum atomic E-state index is -0.513. The first-order valence-corrected chi connectivity index (χ1v) is 6.17. The molecule has 4 nitrogen and oxygen atoms in total. The van der Waals surface area contributed by atoms with Gasteiger partial charge in [-0.15, -0.1) is 11.3 Å². The Morgan fingerprint density at radius 1 is 1.16 bits per heavy atom. The Labute approximate surface area is 112 Å². The van der Waals surface area contributed by atoms with Crippen LogP contribution < -0.4 is 5.32 Å². The molecule has 0 radical (unpaired) electrons. The third-order valence-corrected chi connectivity index (χ3v) is 3.40. The molecule has 0 saturated heterocycles. The van der Waals surface area contributed by atoms with Gasteiger partial charge in [0, 0.05) is 0 Å². The number of amides is 1. The Morgan fingerprint density at radius 3 is 2.53 bits per heavy atom. The predicted molar refractivity (Wildman–Crippen MR) is 70.0 cm³/mol. The number of anilines is 1. The number of nitrogens with one attached hydrogen (secondary N) is 1. The van der Waals surface area contributed by atoms with Gasteiger partial charge in [-0.2, -0.15) is 0 Å². The van der Waals surface area contributed by atoms with Crippen molar-refractivity contribution >= 4 is 28.9 Å². The van der Waals surface area contributed by atoms with Gasteiger partial charge < -0.3 is 10.1 Å². The quantitative estimate of drug-likeness (QED) is 0.879. The molecular weight excluding hydrogens is 269 g/mol. The molecule has 1 N–H and O–H groups in total. The monoisotopic (exact) mass is 279 g/mol. The fraction of sp³-hybridized carbons (Fsp3) is 0.0769. The summed E-state index contributed by atoms with van der Waals surface area (Å²) in [5.74, 6) is -1.49. The number of para-hydroxylation sites is 1. The van der Waals surface area contributed by atoms with E-state index in [2.05, 4.69) is 10.1 Å². The van der Waals surface area contributed by atoms with E-state index in [0.29, 0.717) is 9.75 Å². The third-order valence-electron chi connectivity index (χ3n) is 2.34. The summed E-state index contributed by atoms with van der Waals surface area (Å²) in [6.45, 7) is 0. The van der Waals surface area contributed by atoms with Crippen LogP contribution in [0.3, 0.4) is 0 Å². The van der Waals surface area contributed by atoms with Crippen LogP contribution in [0.4, 0.5) is 10.1 Å². The van der Waals surface area contributed by atoms with Crippen LogP contribution in [0.15, 0.2) is 36.4 Å². The highest BCUT2D eigenvalue weighted by molar-refractivity contribution is 7.16. The second kappa shape index (κ2) is 5.62. The van der Waals surface area contributed by atoms with Gasteiger partial charge in [-0.05, 0) is 24.3 Å². The van der Waals surface area contributed by atoms with Crippen LogP contribution in [0.25, 0.3) is 0 Å². The Bertz CT molecular complexity index is 624. The van der Waals surface area contributed by atoms with Gasteiger partial charge in [0.15, 0.2) is 0 Å². The molecule has 0 unspecified atom stereocenters. The molecule has 0 aliphatic rings. The fourth-order valence-electron chi connectivity index (χ4n) is 1.42. The van der Waals surface area contributed by atoms with E-state index in [1.165, 1.54) is 37.4 Å². The zero-order chi connectivity index (χ0) is 13.8. The summed E-state index contributed by atoms with van der Waals surface area (Å²) in [5, 5.41) is 2.44. The lowest BCUT2D eigenvalue weighted by Gasteiger charge is -2.04. The summed E-state index contributed by atoms with van der Waals surface area (Å²) in [7, 11) is 1.27. The molecule has 0 aliphatic heterocycles. The van der Waals surface area contributed by atoms with E-state index in [1.807, 2.05) is 0 Å². The molecule has 0 bridgehead atoms. The minimum absolute atomic E-state index is 0.0977. The van der Waals surface area contributed by atoms with Crippen LogP contribution in [-0.4, -0.2) is 19.0 Å². The summed E-state index contributed by atoms with van der Waals surface area (Å²) in [6, 6.07) is 8.85. The molecule has 0 saturated carbocycles. The zero-order valence-electron chi connectivity index (χ0n) is 9.98. The van der Waals surface area contributed by atoms with Gasteiger partial charge in [0.25, 0.3) is 5.91 Å². The van der Waals surface area contributed by atoms with E-state index in [1.54, 1.807) is 6.07 Å². The van der Waals surface area contributed by atoms with Crippen molar-refractivity contribution in [3.05, 3.63) is 52.0 Å². The van der Waals surface area contributed by atoms with E-state index >= 15 is 0 Å². The van der Waals surface area contributed by atoms with Crippen molar-refractivity contribution in [2.75, 3.05) is 12.4 Å². The van der Waals surface area contributed by atoms with Crippen LogP contribution in [0.1, 0.15) is 19.3 Å². The van der Waals surface area contributed by atoms with Crippen LogP contribution in [0, 0.1) is 5.82 Å². The van der Waals surface area contributed by atoms with Gasteiger partial charge in [0.05, 0.1) is 17.7 Å². The van der Waals surface area contributed by atoms with Gasteiger partial charge in [0.1, 0.15) is 10.7 Å². The Balaban J connectivity index is 2.15.